The number of methoxy groups -OCH3 is 1. The number of likely N-dealkylation sites (tertiary alicyclic amines) is 1. The number of amides is 1. The van der Waals surface area contributed by atoms with Crippen molar-refractivity contribution in [3.8, 4) is 11.5 Å². The highest BCUT2D eigenvalue weighted by molar-refractivity contribution is 5.97. The van der Waals surface area contributed by atoms with Crippen LogP contribution in [0.3, 0.4) is 0 Å². The summed E-state index contributed by atoms with van der Waals surface area (Å²) in [4.78, 5) is 14.1. The van der Waals surface area contributed by atoms with Gasteiger partial charge in [0.25, 0.3) is 5.91 Å². The molecule has 5 heteroatoms. The Labute approximate surface area is 112 Å². The summed E-state index contributed by atoms with van der Waals surface area (Å²) in [5, 5.41) is 19.4. The number of piperidine rings is 1. The fourth-order valence-electron chi connectivity index (χ4n) is 2.47. The number of nitrogens with zero attached hydrogens (tertiary/aromatic N) is 1. The molecule has 19 heavy (non-hydrogen) atoms. The van der Waals surface area contributed by atoms with E-state index in [0.29, 0.717) is 6.54 Å². The minimum Gasteiger partial charge on any atom is -0.504 e. The molecule has 0 aromatic heterocycles. The van der Waals surface area contributed by atoms with Crippen LogP contribution in [0.25, 0.3) is 0 Å². The SMILES string of the molecule is COc1cccc(C(=O)N2CCCCC2CO)c1O. The van der Waals surface area contributed by atoms with Crippen LogP contribution in [-0.4, -0.2) is 47.3 Å². The maximum atomic E-state index is 12.5. The van der Waals surface area contributed by atoms with Crippen LogP contribution in [0.2, 0.25) is 0 Å². The van der Waals surface area contributed by atoms with Crippen molar-refractivity contribution >= 4 is 5.91 Å². The van der Waals surface area contributed by atoms with Crippen LogP contribution in [-0.2, 0) is 0 Å². The van der Waals surface area contributed by atoms with E-state index in [1.807, 2.05) is 0 Å². The normalized spacial score (nSPS) is 19.3. The van der Waals surface area contributed by atoms with E-state index in [-0.39, 0.29) is 35.6 Å². The topological polar surface area (TPSA) is 70.0 Å². The van der Waals surface area contributed by atoms with Crippen molar-refractivity contribution in [2.75, 3.05) is 20.3 Å². The third kappa shape index (κ3) is 2.66. The van der Waals surface area contributed by atoms with Crippen molar-refractivity contribution in [2.24, 2.45) is 0 Å². The molecule has 1 aliphatic rings. The third-order valence-corrected chi connectivity index (χ3v) is 3.55. The van der Waals surface area contributed by atoms with Gasteiger partial charge in [-0.2, -0.15) is 0 Å². The molecule has 0 aliphatic carbocycles. The number of aromatic hydroxyl groups is 1. The number of ether oxygens (including phenoxy) is 1. The minimum absolute atomic E-state index is 0.0452. The Kier molecular flexibility index (Phi) is 4.27. The Balaban J connectivity index is 2.28. The second-order valence-electron chi connectivity index (χ2n) is 4.69. The number of aliphatic hydroxyl groups excluding tert-OH is 1. The fourth-order valence-corrected chi connectivity index (χ4v) is 2.47. The van der Waals surface area contributed by atoms with Gasteiger partial charge in [0.1, 0.15) is 0 Å². The van der Waals surface area contributed by atoms with Crippen molar-refractivity contribution in [1.29, 1.82) is 0 Å². The van der Waals surface area contributed by atoms with Gasteiger partial charge in [-0.1, -0.05) is 6.07 Å². The highest BCUT2D eigenvalue weighted by atomic mass is 16.5. The number of phenolic OH excluding ortho intramolecular Hbond substituents is 1. The van der Waals surface area contributed by atoms with Crippen LogP contribution >= 0.6 is 0 Å². The van der Waals surface area contributed by atoms with Gasteiger partial charge in [-0.3, -0.25) is 4.79 Å². The quantitative estimate of drug-likeness (QED) is 0.866. The summed E-state index contributed by atoms with van der Waals surface area (Å²) >= 11 is 0. The number of para-hydroxylation sites is 1. The van der Waals surface area contributed by atoms with Crippen molar-refractivity contribution in [3.05, 3.63) is 23.8 Å². The average Bonchev–Trinajstić information content (AvgIpc) is 2.46. The lowest BCUT2D eigenvalue weighted by Gasteiger charge is -2.34. The second kappa shape index (κ2) is 5.93. The zero-order valence-corrected chi connectivity index (χ0v) is 11.0. The highest BCUT2D eigenvalue weighted by Gasteiger charge is 2.28. The molecule has 5 nitrogen and oxygen atoms in total. The first-order valence-corrected chi connectivity index (χ1v) is 6.46. The van der Waals surface area contributed by atoms with E-state index in [9.17, 15) is 15.0 Å². The van der Waals surface area contributed by atoms with Gasteiger partial charge >= 0.3 is 0 Å². The first-order chi connectivity index (χ1) is 9.19. The van der Waals surface area contributed by atoms with Gasteiger partial charge in [-0.15, -0.1) is 0 Å². The fraction of sp³-hybridized carbons (Fsp3) is 0.500. The number of rotatable bonds is 3. The van der Waals surface area contributed by atoms with Crippen molar-refractivity contribution in [2.45, 2.75) is 25.3 Å². The number of carbonyl (C=O) groups excluding carboxylic acids is 1. The van der Waals surface area contributed by atoms with Gasteiger partial charge in [0.2, 0.25) is 0 Å². The average molecular weight is 265 g/mol. The Hall–Kier alpha value is -1.75. The van der Waals surface area contributed by atoms with Gasteiger partial charge in [0, 0.05) is 6.54 Å². The summed E-state index contributed by atoms with van der Waals surface area (Å²) in [6.45, 7) is 0.567. The predicted molar refractivity (Wildman–Crippen MR) is 70.4 cm³/mol. The van der Waals surface area contributed by atoms with Gasteiger partial charge in [-0.25, -0.2) is 0 Å². The van der Waals surface area contributed by atoms with Crippen LogP contribution in [0.1, 0.15) is 29.6 Å². The lowest BCUT2D eigenvalue weighted by molar-refractivity contribution is 0.0499. The largest absolute Gasteiger partial charge is 0.504 e. The molecule has 1 saturated heterocycles. The summed E-state index contributed by atoms with van der Waals surface area (Å²) in [5.41, 5.74) is 0.222. The van der Waals surface area contributed by atoms with Gasteiger partial charge < -0.3 is 19.8 Å². The lowest BCUT2D eigenvalue weighted by Crippen LogP contribution is -2.45. The summed E-state index contributed by atoms with van der Waals surface area (Å²) in [6, 6.07) is 4.69. The Morgan fingerprint density at radius 2 is 2.26 bits per heavy atom. The predicted octanol–water partition coefficient (Wildman–Crippen LogP) is 1.39. The number of benzene rings is 1. The van der Waals surface area contributed by atoms with Crippen LogP contribution in [0.5, 0.6) is 11.5 Å². The molecule has 0 saturated carbocycles. The number of hydrogen-bond donors (Lipinski definition) is 2. The third-order valence-electron chi connectivity index (χ3n) is 3.55. The molecule has 2 N–H and O–H groups in total. The Bertz CT molecular complexity index is 461. The Morgan fingerprint density at radius 1 is 1.47 bits per heavy atom. The molecule has 1 unspecified atom stereocenters. The Morgan fingerprint density at radius 3 is 2.95 bits per heavy atom. The minimum atomic E-state index is -0.254. The smallest absolute Gasteiger partial charge is 0.258 e. The number of phenols is 1. The summed E-state index contributed by atoms with van der Waals surface area (Å²) in [7, 11) is 1.45. The van der Waals surface area contributed by atoms with Crippen LogP contribution in [0.4, 0.5) is 0 Å². The van der Waals surface area contributed by atoms with E-state index < -0.39 is 0 Å². The standard InChI is InChI=1S/C14H19NO4/c1-19-12-7-4-6-11(13(12)17)14(18)15-8-3-2-5-10(15)9-16/h4,6-7,10,16-17H,2-3,5,8-9H2,1H3. The maximum absolute atomic E-state index is 12.5. The van der Waals surface area contributed by atoms with Crippen molar-refractivity contribution < 1.29 is 19.7 Å². The van der Waals surface area contributed by atoms with E-state index in [1.165, 1.54) is 7.11 Å². The van der Waals surface area contributed by atoms with Gasteiger partial charge in [-0.05, 0) is 31.4 Å². The monoisotopic (exact) mass is 265 g/mol. The van der Waals surface area contributed by atoms with E-state index in [0.717, 1.165) is 19.3 Å². The molecule has 1 aliphatic heterocycles. The molecule has 1 fully saturated rings. The summed E-state index contributed by atoms with van der Waals surface area (Å²) in [5.74, 6) is -0.115. The van der Waals surface area contributed by atoms with Crippen molar-refractivity contribution in [3.63, 3.8) is 0 Å². The zero-order chi connectivity index (χ0) is 13.8. The van der Waals surface area contributed by atoms with Crippen LogP contribution in [0.15, 0.2) is 18.2 Å². The molecule has 1 atom stereocenters. The lowest BCUT2D eigenvalue weighted by atomic mass is 10.0. The van der Waals surface area contributed by atoms with E-state index in [2.05, 4.69) is 0 Å². The van der Waals surface area contributed by atoms with Gasteiger partial charge in [0.05, 0.1) is 25.3 Å². The molecule has 1 heterocycles. The number of hydrogen-bond acceptors (Lipinski definition) is 4. The molecule has 1 aromatic carbocycles. The number of carbonyl (C=O) groups is 1. The summed E-state index contributed by atoms with van der Waals surface area (Å²) in [6.07, 6.45) is 2.74. The number of aliphatic hydroxyl groups is 1. The highest BCUT2D eigenvalue weighted by Crippen LogP contribution is 2.31. The van der Waals surface area contributed by atoms with Crippen molar-refractivity contribution in [1.82, 2.24) is 4.90 Å². The summed E-state index contributed by atoms with van der Waals surface area (Å²) < 4.78 is 5.01. The molecule has 1 aromatic rings. The molecule has 0 spiro atoms. The zero-order valence-electron chi connectivity index (χ0n) is 11.0. The molecule has 0 radical (unpaired) electrons. The molecular weight excluding hydrogens is 246 g/mol. The van der Waals surface area contributed by atoms with Gasteiger partial charge in [0.15, 0.2) is 11.5 Å². The van der Waals surface area contributed by atoms with Crippen LogP contribution in [0, 0.1) is 0 Å². The molecule has 0 bridgehead atoms. The van der Waals surface area contributed by atoms with E-state index in [4.69, 9.17) is 4.74 Å². The van der Waals surface area contributed by atoms with Crippen LogP contribution < -0.4 is 4.74 Å². The first kappa shape index (κ1) is 13.7. The van der Waals surface area contributed by atoms with E-state index >= 15 is 0 Å². The first-order valence-electron chi connectivity index (χ1n) is 6.46. The second-order valence-corrected chi connectivity index (χ2v) is 4.69. The van der Waals surface area contributed by atoms with E-state index in [1.54, 1.807) is 23.1 Å². The molecule has 2 rings (SSSR count). The molecular formula is C14H19NO4. The maximum Gasteiger partial charge on any atom is 0.258 e. The molecule has 104 valence electrons. The molecule has 1 amide bonds.